The van der Waals surface area contributed by atoms with Gasteiger partial charge in [-0.3, -0.25) is 4.79 Å². The van der Waals surface area contributed by atoms with Crippen molar-refractivity contribution in [2.45, 2.75) is 19.3 Å². The van der Waals surface area contributed by atoms with Gasteiger partial charge in [-0.2, -0.15) is 0 Å². The Kier molecular flexibility index (Phi) is 4.15. The molecule has 4 heteroatoms. The Labute approximate surface area is 126 Å². The molecule has 0 spiro atoms. The van der Waals surface area contributed by atoms with Crippen LogP contribution in [-0.2, 0) is 4.79 Å². The van der Waals surface area contributed by atoms with Crippen molar-refractivity contribution < 1.29 is 9.53 Å². The third kappa shape index (κ3) is 3.05. The summed E-state index contributed by atoms with van der Waals surface area (Å²) < 4.78 is 5.17. The molecule has 2 heterocycles. The minimum atomic E-state index is 0.252. The standard InChI is InChI=1S/C17H24N2O2/c1-12(13-3-5-16(21-2)6-4-13)7-17(20)19-10-14-8-18-9-15(14)11-19/h3-6,12,14-15,18H,7-11H2,1-2H3/t12?,14-,15+. The number of nitrogens with zero attached hydrogens (tertiary/aromatic N) is 1. The van der Waals surface area contributed by atoms with E-state index in [9.17, 15) is 4.79 Å². The van der Waals surface area contributed by atoms with Gasteiger partial charge in [0.05, 0.1) is 7.11 Å². The van der Waals surface area contributed by atoms with Crippen LogP contribution < -0.4 is 10.1 Å². The van der Waals surface area contributed by atoms with Gasteiger partial charge >= 0.3 is 0 Å². The van der Waals surface area contributed by atoms with Gasteiger partial charge in [-0.05, 0) is 35.4 Å². The van der Waals surface area contributed by atoms with Crippen molar-refractivity contribution in [1.82, 2.24) is 10.2 Å². The van der Waals surface area contributed by atoms with Gasteiger partial charge in [-0.15, -0.1) is 0 Å². The lowest BCUT2D eigenvalue weighted by Crippen LogP contribution is -2.32. The molecule has 2 fully saturated rings. The highest BCUT2D eigenvalue weighted by Crippen LogP contribution is 2.29. The predicted octanol–water partition coefficient (Wildman–Crippen LogP) is 1.87. The number of carbonyl (C=O) groups is 1. The SMILES string of the molecule is COc1ccc(C(C)CC(=O)N2C[C@H]3CNC[C@H]3C2)cc1. The fourth-order valence-corrected chi connectivity index (χ4v) is 3.50. The quantitative estimate of drug-likeness (QED) is 0.919. The molecule has 1 unspecified atom stereocenters. The normalized spacial score (nSPS) is 25.7. The summed E-state index contributed by atoms with van der Waals surface area (Å²) >= 11 is 0. The second-order valence-electron chi connectivity index (χ2n) is 6.36. The lowest BCUT2D eigenvalue weighted by Gasteiger charge is -2.20. The molecule has 3 rings (SSSR count). The van der Waals surface area contributed by atoms with Gasteiger partial charge in [0.25, 0.3) is 0 Å². The summed E-state index contributed by atoms with van der Waals surface area (Å²) in [7, 11) is 1.67. The number of nitrogens with one attached hydrogen (secondary N) is 1. The number of carbonyl (C=O) groups excluding carboxylic acids is 1. The average Bonchev–Trinajstić information content (AvgIpc) is 3.08. The lowest BCUT2D eigenvalue weighted by molar-refractivity contribution is -0.130. The van der Waals surface area contributed by atoms with Crippen LogP contribution in [0.25, 0.3) is 0 Å². The van der Waals surface area contributed by atoms with Crippen molar-refractivity contribution in [3.8, 4) is 5.75 Å². The third-order valence-corrected chi connectivity index (χ3v) is 4.91. The van der Waals surface area contributed by atoms with Crippen LogP contribution in [0.5, 0.6) is 5.75 Å². The molecule has 21 heavy (non-hydrogen) atoms. The van der Waals surface area contributed by atoms with Gasteiger partial charge in [0.15, 0.2) is 0 Å². The molecule has 1 amide bonds. The van der Waals surface area contributed by atoms with Gasteiger partial charge in [0, 0.05) is 32.6 Å². The monoisotopic (exact) mass is 288 g/mol. The lowest BCUT2D eigenvalue weighted by atomic mass is 9.97. The van der Waals surface area contributed by atoms with E-state index in [1.165, 1.54) is 5.56 Å². The van der Waals surface area contributed by atoms with E-state index >= 15 is 0 Å². The highest BCUT2D eigenvalue weighted by atomic mass is 16.5. The Hall–Kier alpha value is -1.55. The molecular weight excluding hydrogens is 264 g/mol. The molecule has 1 aromatic rings. The number of amides is 1. The maximum absolute atomic E-state index is 12.5. The number of likely N-dealkylation sites (tertiary alicyclic amines) is 1. The van der Waals surface area contributed by atoms with E-state index in [2.05, 4.69) is 29.3 Å². The Balaban J connectivity index is 1.56. The fraction of sp³-hybridized carbons (Fsp3) is 0.588. The number of rotatable bonds is 4. The number of ether oxygens (including phenoxy) is 1. The highest BCUT2D eigenvalue weighted by Gasteiger charge is 2.38. The van der Waals surface area contributed by atoms with E-state index in [1.54, 1.807) is 7.11 Å². The van der Waals surface area contributed by atoms with Crippen molar-refractivity contribution in [2.75, 3.05) is 33.3 Å². The predicted molar refractivity (Wildman–Crippen MR) is 82.5 cm³/mol. The van der Waals surface area contributed by atoms with Crippen molar-refractivity contribution in [3.63, 3.8) is 0 Å². The van der Waals surface area contributed by atoms with Crippen molar-refractivity contribution >= 4 is 5.91 Å². The Bertz CT molecular complexity index is 488. The summed E-state index contributed by atoms with van der Waals surface area (Å²) in [6.07, 6.45) is 0.596. The molecule has 1 aromatic carbocycles. The van der Waals surface area contributed by atoms with Crippen molar-refractivity contribution in [1.29, 1.82) is 0 Å². The molecule has 3 atom stereocenters. The molecule has 2 aliphatic heterocycles. The van der Waals surface area contributed by atoms with Crippen molar-refractivity contribution in [2.24, 2.45) is 11.8 Å². The van der Waals surface area contributed by atoms with Crippen LogP contribution in [0.2, 0.25) is 0 Å². The van der Waals surface area contributed by atoms with E-state index in [0.717, 1.165) is 31.9 Å². The number of hydrogen-bond acceptors (Lipinski definition) is 3. The maximum atomic E-state index is 12.5. The first kappa shape index (κ1) is 14.4. The average molecular weight is 288 g/mol. The summed E-state index contributed by atoms with van der Waals surface area (Å²) in [6.45, 7) is 6.14. The van der Waals surface area contributed by atoms with Crippen molar-refractivity contribution in [3.05, 3.63) is 29.8 Å². The Morgan fingerprint density at radius 2 is 1.90 bits per heavy atom. The molecular formula is C17H24N2O2. The molecule has 0 bridgehead atoms. The summed E-state index contributed by atoms with van der Waals surface area (Å²) in [5, 5.41) is 3.41. The first-order valence-electron chi connectivity index (χ1n) is 7.80. The molecule has 0 aliphatic carbocycles. The molecule has 1 N–H and O–H groups in total. The number of methoxy groups -OCH3 is 1. The number of fused-ring (bicyclic) bond motifs is 1. The Morgan fingerprint density at radius 1 is 1.29 bits per heavy atom. The van der Waals surface area contributed by atoms with E-state index in [-0.39, 0.29) is 5.92 Å². The molecule has 114 valence electrons. The minimum absolute atomic E-state index is 0.252. The van der Waals surface area contributed by atoms with E-state index in [4.69, 9.17) is 4.74 Å². The van der Waals surface area contributed by atoms with E-state index in [0.29, 0.717) is 24.2 Å². The first-order valence-corrected chi connectivity index (χ1v) is 7.80. The number of hydrogen-bond donors (Lipinski definition) is 1. The minimum Gasteiger partial charge on any atom is -0.497 e. The topological polar surface area (TPSA) is 41.6 Å². The summed E-state index contributed by atoms with van der Waals surface area (Å²) in [5.74, 6) is 2.75. The molecule has 0 aromatic heterocycles. The zero-order valence-electron chi connectivity index (χ0n) is 12.8. The summed E-state index contributed by atoms with van der Waals surface area (Å²) in [6, 6.07) is 8.03. The van der Waals surface area contributed by atoms with Crippen LogP contribution >= 0.6 is 0 Å². The molecule has 0 radical (unpaired) electrons. The fourth-order valence-electron chi connectivity index (χ4n) is 3.50. The van der Waals surface area contributed by atoms with Crippen LogP contribution in [0.1, 0.15) is 24.8 Å². The second-order valence-corrected chi connectivity index (χ2v) is 6.36. The van der Waals surface area contributed by atoms with Gasteiger partial charge in [0.1, 0.15) is 5.75 Å². The maximum Gasteiger partial charge on any atom is 0.223 e. The first-order chi connectivity index (χ1) is 10.2. The van der Waals surface area contributed by atoms with Gasteiger partial charge in [0.2, 0.25) is 5.91 Å². The van der Waals surface area contributed by atoms with Gasteiger partial charge < -0.3 is 15.0 Å². The molecule has 2 saturated heterocycles. The van der Waals surface area contributed by atoms with Crippen LogP contribution in [-0.4, -0.2) is 44.1 Å². The summed E-state index contributed by atoms with van der Waals surface area (Å²) in [5.41, 5.74) is 1.20. The van der Waals surface area contributed by atoms with Gasteiger partial charge in [-0.1, -0.05) is 19.1 Å². The van der Waals surface area contributed by atoms with Crippen LogP contribution in [0.15, 0.2) is 24.3 Å². The van der Waals surface area contributed by atoms with E-state index < -0.39 is 0 Å². The second kappa shape index (κ2) is 6.06. The Morgan fingerprint density at radius 3 is 2.48 bits per heavy atom. The molecule has 2 aliphatic rings. The largest absolute Gasteiger partial charge is 0.497 e. The molecule has 0 saturated carbocycles. The van der Waals surface area contributed by atoms with Crippen LogP contribution in [0, 0.1) is 11.8 Å². The summed E-state index contributed by atoms with van der Waals surface area (Å²) in [4.78, 5) is 14.5. The van der Waals surface area contributed by atoms with Gasteiger partial charge in [-0.25, -0.2) is 0 Å². The molecule has 4 nitrogen and oxygen atoms in total. The van der Waals surface area contributed by atoms with Crippen LogP contribution in [0.3, 0.4) is 0 Å². The third-order valence-electron chi connectivity index (χ3n) is 4.91. The van der Waals surface area contributed by atoms with E-state index in [1.807, 2.05) is 12.1 Å². The smallest absolute Gasteiger partial charge is 0.223 e. The highest BCUT2D eigenvalue weighted by molar-refractivity contribution is 5.77. The van der Waals surface area contributed by atoms with Crippen LogP contribution in [0.4, 0.5) is 0 Å². The zero-order chi connectivity index (χ0) is 14.8. The number of benzene rings is 1. The zero-order valence-corrected chi connectivity index (χ0v) is 12.8.